The molecule has 1 aliphatic rings. The van der Waals surface area contributed by atoms with E-state index in [1.54, 1.807) is 19.1 Å². The summed E-state index contributed by atoms with van der Waals surface area (Å²) in [5.41, 5.74) is 0. The fourth-order valence-corrected chi connectivity index (χ4v) is 2.59. The highest BCUT2D eigenvalue weighted by Crippen LogP contribution is 2.28. The molecule has 19 heavy (non-hydrogen) atoms. The minimum absolute atomic E-state index is 0.130. The second kappa shape index (κ2) is 8.91. The van der Waals surface area contributed by atoms with Crippen molar-refractivity contribution in [2.45, 2.75) is 44.6 Å². The Balaban J connectivity index is 2.49. The molecule has 0 aromatic carbocycles. The Hall–Kier alpha value is -1.10. The summed E-state index contributed by atoms with van der Waals surface area (Å²) in [7, 11) is 3.31. The van der Waals surface area contributed by atoms with E-state index in [2.05, 4.69) is 0 Å². The zero-order valence-electron chi connectivity index (χ0n) is 12.0. The van der Waals surface area contributed by atoms with Crippen LogP contribution in [-0.4, -0.2) is 50.7 Å². The molecule has 0 heterocycles. The molecule has 5 nitrogen and oxygen atoms in total. The van der Waals surface area contributed by atoms with E-state index in [9.17, 15) is 9.59 Å². The van der Waals surface area contributed by atoms with Crippen molar-refractivity contribution in [3.8, 4) is 0 Å². The quantitative estimate of drug-likeness (QED) is 0.629. The molecule has 0 radical (unpaired) electrons. The number of ether oxygens (including phenoxy) is 2. The lowest BCUT2D eigenvalue weighted by molar-refractivity contribution is -0.152. The van der Waals surface area contributed by atoms with Crippen LogP contribution in [0, 0.1) is 5.92 Å². The monoisotopic (exact) mass is 271 g/mol. The molecule has 1 saturated carbocycles. The van der Waals surface area contributed by atoms with E-state index in [0.717, 1.165) is 12.8 Å². The van der Waals surface area contributed by atoms with Gasteiger partial charge >= 0.3 is 0 Å². The first-order chi connectivity index (χ1) is 9.19. The number of carbonyl (C=O) groups excluding carboxylic acids is 2. The van der Waals surface area contributed by atoms with Crippen LogP contribution < -0.4 is 0 Å². The first kappa shape index (κ1) is 16.0. The molecule has 0 N–H and O–H groups in total. The SMILES string of the molecule is COCCN(C)C(=O)[C@H](CC1CCCCC1)OC=O. The van der Waals surface area contributed by atoms with E-state index >= 15 is 0 Å². The average Bonchev–Trinajstić information content (AvgIpc) is 2.44. The lowest BCUT2D eigenvalue weighted by Crippen LogP contribution is -2.40. The van der Waals surface area contributed by atoms with Gasteiger partial charge in [-0.05, 0) is 12.3 Å². The normalized spacial score (nSPS) is 17.8. The minimum atomic E-state index is -0.637. The Bertz CT molecular complexity index is 277. The van der Waals surface area contributed by atoms with Crippen molar-refractivity contribution in [1.82, 2.24) is 4.90 Å². The van der Waals surface area contributed by atoms with E-state index in [4.69, 9.17) is 9.47 Å². The molecule has 1 aliphatic carbocycles. The number of amides is 1. The number of hydrogen-bond acceptors (Lipinski definition) is 4. The van der Waals surface area contributed by atoms with Gasteiger partial charge in [0.1, 0.15) is 0 Å². The van der Waals surface area contributed by atoms with E-state index in [1.165, 1.54) is 19.3 Å². The van der Waals surface area contributed by atoms with Gasteiger partial charge in [-0.3, -0.25) is 9.59 Å². The Morgan fingerprint density at radius 3 is 2.63 bits per heavy atom. The Kier molecular flexibility index (Phi) is 7.48. The molecule has 110 valence electrons. The average molecular weight is 271 g/mol. The largest absolute Gasteiger partial charge is 0.454 e. The molecular formula is C14H25NO4. The van der Waals surface area contributed by atoms with Crippen LogP contribution >= 0.6 is 0 Å². The van der Waals surface area contributed by atoms with Gasteiger partial charge in [0.2, 0.25) is 0 Å². The maximum absolute atomic E-state index is 12.2. The van der Waals surface area contributed by atoms with Crippen LogP contribution in [0.3, 0.4) is 0 Å². The summed E-state index contributed by atoms with van der Waals surface area (Å²) in [6, 6.07) is 0. The standard InChI is InChI=1S/C14H25NO4/c1-15(8-9-18-2)14(17)13(19-11-16)10-12-6-4-3-5-7-12/h11-13H,3-10H2,1-2H3/t13-/m0/s1. The molecule has 0 aromatic heterocycles. The van der Waals surface area contributed by atoms with Crippen molar-refractivity contribution in [1.29, 1.82) is 0 Å². The first-order valence-electron chi connectivity index (χ1n) is 7.02. The van der Waals surface area contributed by atoms with Gasteiger partial charge in [-0.15, -0.1) is 0 Å². The molecule has 1 rings (SSSR count). The van der Waals surface area contributed by atoms with Crippen LogP contribution in [-0.2, 0) is 19.1 Å². The van der Waals surface area contributed by atoms with Gasteiger partial charge in [0, 0.05) is 20.7 Å². The number of hydrogen-bond donors (Lipinski definition) is 0. The molecule has 0 aliphatic heterocycles. The van der Waals surface area contributed by atoms with Gasteiger partial charge in [-0.25, -0.2) is 0 Å². The lowest BCUT2D eigenvalue weighted by Gasteiger charge is -2.27. The molecular weight excluding hydrogens is 246 g/mol. The van der Waals surface area contributed by atoms with Gasteiger partial charge < -0.3 is 14.4 Å². The van der Waals surface area contributed by atoms with Crippen LogP contribution in [0.2, 0.25) is 0 Å². The van der Waals surface area contributed by atoms with Crippen LogP contribution in [0.15, 0.2) is 0 Å². The zero-order chi connectivity index (χ0) is 14.1. The molecule has 0 saturated heterocycles. The molecule has 0 bridgehead atoms. The summed E-state index contributed by atoms with van der Waals surface area (Å²) in [5, 5.41) is 0. The Morgan fingerprint density at radius 2 is 2.05 bits per heavy atom. The second-order valence-corrected chi connectivity index (χ2v) is 5.21. The van der Waals surface area contributed by atoms with E-state index < -0.39 is 6.10 Å². The Labute approximate surface area is 115 Å². The molecule has 1 amide bonds. The third-order valence-corrected chi connectivity index (χ3v) is 3.77. The van der Waals surface area contributed by atoms with E-state index in [0.29, 0.717) is 32.0 Å². The van der Waals surface area contributed by atoms with E-state index in [1.807, 2.05) is 0 Å². The van der Waals surface area contributed by atoms with Crippen LogP contribution in [0.5, 0.6) is 0 Å². The molecule has 5 heteroatoms. The number of methoxy groups -OCH3 is 1. The molecule has 0 unspecified atom stereocenters. The van der Waals surface area contributed by atoms with Gasteiger partial charge in [0.25, 0.3) is 12.4 Å². The minimum Gasteiger partial charge on any atom is -0.454 e. The molecule has 1 fully saturated rings. The summed E-state index contributed by atoms with van der Waals surface area (Å²) < 4.78 is 9.94. The fourth-order valence-electron chi connectivity index (χ4n) is 2.59. The summed E-state index contributed by atoms with van der Waals surface area (Å²) in [4.78, 5) is 24.3. The predicted molar refractivity (Wildman–Crippen MR) is 71.6 cm³/mol. The number of nitrogens with zero attached hydrogens (tertiary/aromatic N) is 1. The van der Waals surface area contributed by atoms with Gasteiger partial charge in [-0.2, -0.15) is 0 Å². The maximum Gasteiger partial charge on any atom is 0.293 e. The molecule has 0 aromatic rings. The topological polar surface area (TPSA) is 55.8 Å². The van der Waals surface area contributed by atoms with Crippen molar-refractivity contribution < 1.29 is 19.1 Å². The summed E-state index contributed by atoms with van der Waals surface area (Å²) in [6.07, 6.45) is 5.98. The van der Waals surface area contributed by atoms with Crippen LogP contribution in [0.1, 0.15) is 38.5 Å². The highest BCUT2D eigenvalue weighted by molar-refractivity contribution is 5.81. The summed E-state index contributed by atoms with van der Waals surface area (Å²) >= 11 is 0. The third-order valence-electron chi connectivity index (χ3n) is 3.77. The summed E-state index contributed by atoms with van der Waals surface area (Å²) in [5.74, 6) is 0.369. The zero-order valence-corrected chi connectivity index (χ0v) is 12.0. The van der Waals surface area contributed by atoms with Crippen molar-refractivity contribution >= 4 is 12.4 Å². The highest BCUT2D eigenvalue weighted by Gasteiger charge is 2.27. The van der Waals surface area contributed by atoms with Gasteiger partial charge in [-0.1, -0.05) is 32.1 Å². The Morgan fingerprint density at radius 1 is 1.37 bits per heavy atom. The highest BCUT2D eigenvalue weighted by atomic mass is 16.5. The van der Waals surface area contributed by atoms with Crippen molar-refractivity contribution in [3.05, 3.63) is 0 Å². The second-order valence-electron chi connectivity index (χ2n) is 5.21. The first-order valence-corrected chi connectivity index (χ1v) is 7.02. The molecule has 1 atom stereocenters. The maximum atomic E-state index is 12.2. The van der Waals surface area contributed by atoms with Crippen molar-refractivity contribution in [2.75, 3.05) is 27.3 Å². The smallest absolute Gasteiger partial charge is 0.293 e. The van der Waals surface area contributed by atoms with E-state index in [-0.39, 0.29) is 5.91 Å². The molecule has 0 spiro atoms. The third kappa shape index (κ3) is 5.59. The van der Waals surface area contributed by atoms with Crippen molar-refractivity contribution in [2.24, 2.45) is 5.92 Å². The summed E-state index contributed by atoms with van der Waals surface area (Å²) in [6.45, 7) is 1.38. The number of rotatable bonds is 8. The van der Waals surface area contributed by atoms with Crippen LogP contribution in [0.4, 0.5) is 0 Å². The van der Waals surface area contributed by atoms with Crippen LogP contribution in [0.25, 0.3) is 0 Å². The number of likely N-dealkylation sites (N-methyl/N-ethyl adjacent to an activating group) is 1. The van der Waals surface area contributed by atoms with Crippen molar-refractivity contribution in [3.63, 3.8) is 0 Å². The van der Waals surface area contributed by atoms with Gasteiger partial charge in [0.05, 0.1) is 6.61 Å². The predicted octanol–water partition coefficient (Wildman–Crippen LogP) is 1.60. The fraction of sp³-hybridized carbons (Fsp3) is 0.857. The van der Waals surface area contributed by atoms with Gasteiger partial charge in [0.15, 0.2) is 6.10 Å². The number of carbonyl (C=O) groups is 2. The lowest BCUT2D eigenvalue weighted by atomic mass is 9.85.